The summed E-state index contributed by atoms with van der Waals surface area (Å²) >= 11 is 0. The van der Waals surface area contributed by atoms with Crippen LogP contribution in [0.3, 0.4) is 0 Å². The molecule has 0 spiro atoms. The molecule has 1 aliphatic rings. The highest BCUT2D eigenvalue weighted by Crippen LogP contribution is 2.44. The maximum Gasteiger partial charge on any atom is 0.225 e. The Kier molecular flexibility index (Phi) is 3.38. The SMILES string of the molecule is Nc1cc(=O)c(O)cn1-c1cccc(-c2ccccc2C2CC2)c1. The number of aromatic nitrogens is 1. The lowest BCUT2D eigenvalue weighted by Gasteiger charge is -2.14. The van der Waals surface area contributed by atoms with Gasteiger partial charge in [-0.3, -0.25) is 9.36 Å². The molecule has 24 heavy (non-hydrogen) atoms. The average molecular weight is 318 g/mol. The predicted molar refractivity (Wildman–Crippen MR) is 95.5 cm³/mol. The smallest absolute Gasteiger partial charge is 0.225 e. The predicted octanol–water partition coefficient (Wildman–Crippen LogP) is 3.67. The van der Waals surface area contributed by atoms with Crippen LogP contribution in [-0.4, -0.2) is 9.67 Å². The van der Waals surface area contributed by atoms with Crippen LogP contribution in [0.15, 0.2) is 65.6 Å². The molecular formula is C20H18N2O2. The number of rotatable bonds is 3. The summed E-state index contributed by atoms with van der Waals surface area (Å²) < 4.78 is 1.62. The largest absolute Gasteiger partial charge is 0.503 e. The molecule has 1 heterocycles. The topological polar surface area (TPSA) is 68.2 Å². The van der Waals surface area contributed by atoms with E-state index in [9.17, 15) is 9.90 Å². The lowest BCUT2D eigenvalue weighted by Crippen LogP contribution is -2.10. The molecule has 0 unspecified atom stereocenters. The zero-order valence-corrected chi connectivity index (χ0v) is 13.1. The van der Waals surface area contributed by atoms with E-state index in [1.807, 2.05) is 24.3 Å². The molecule has 1 fully saturated rings. The Hall–Kier alpha value is -3.01. The molecule has 1 aromatic heterocycles. The van der Waals surface area contributed by atoms with Gasteiger partial charge < -0.3 is 10.8 Å². The van der Waals surface area contributed by atoms with E-state index in [1.54, 1.807) is 4.57 Å². The molecule has 0 radical (unpaired) electrons. The number of nitrogens with zero attached hydrogens (tertiary/aromatic N) is 1. The molecule has 0 bridgehead atoms. The van der Waals surface area contributed by atoms with E-state index in [0.717, 1.165) is 11.3 Å². The highest BCUT2D eigenvalue weighted by molar-refractivity contribution is 5.71. The number of anilines is 1. The maximum atomic E-state index is 11.5. The van der Waals surface area contributed by atoms with E-state index in [0.29, 0.717) is 11.7 Å². The first-order chi connectivity index (χ1) is 11.6. The van der Waals surface area contributed by atoms with Gasteiger partial charge >= 0.3 is 0 Å². The summed E-state index contributed by atoms with van der Waals surface area (Å²) in [4.78, 5) is 11.5. The van der Waals surface area contributed by atoms with Crippen molar-refractivity contribution in [3.8, 4) is 22.6 Å². The van der Waals surface area contributed by atoms with Crippen LogP contribution in [-0.2, 0) is 0 Å². The maximum absolute atomic E-state index is 11.5. The summed E-state index contributed by atoms with van der Waals surface area (Å²) in [6.45, 7) is 0. The van der Waals surface area contributed by atoms with Crippen LogP contribution in [0.5, 0.6) is 5.75 Å². The van der Waals surface area contributed by atoms with Crippen LogP contribution >= 0.6 is 0 Å². The molecular weight excluding hydrogens is 300 g/mol. The average Bonchev–Trinajstić information content (AvgIpc) is 3.43. The van der Waals surface area contributed by atoms with Gasteiger partial charge in [0, 0.05) is 11.8 Å². The van der Waals surface area contributed by atoms with Gasteiger partial charge in [0.15, 0.2) is 5.75 Å². The summed E-state index contributed by atoms with van der Waals surface area (Å²) in [7, 11) is 0. The molecule has 0 atom stereocenters. The Bertz CT molecular complexity index is 971. The number of hydrogen-bond acceptors (Lipinski definition) is 3. The van der Waals surface area contributed by atoms with Gasteiger partial charge in [-0.05, 0) is 47.6 Å². The molecule has 4 rings (SSSR count). The monoisotopic (exact) mass is 318 g/mol. The van der Waals surface area contributed by atoms with Gasteiger partial charge in [-0.15, -0.1) is 0 Å². The Balaban J connectivity index is 1.83. The Labute approximate surface area is 139 Å². The third kappa shape index (κ3) is 2.56. The minimum atomic E-state index is -0.473. The third-order valence-corrected chi connectivity index (χ3v) is 4.47. The molecule has 2 aromatic carbocycles. The second kappa shape index (κ2) is 5.57. The van der Waals surface area contributed by atoms with Crippen molar-refractivity contribution >= 4 is 5.82 Å². The highest BCUT2D eigenvalue weighted by Gasteiger charge is 2.26. The van der Waals surface area contributed by atoms with Gasteiger partial charge in [-0.25, -0.2) is 0 Å². The third-order valence-electron chi connectivity index (χ3n) is 4.47. The lowest BCUT2D eigenvalue weighted by atomic mass is 9.96. The Morgan fingerprint density at radius 2 is 1.83 bits per heavy atom. The first kappa shape index (κ1) is 14.6. The number of aromatic hydroxyl groups is 1. The van der Waals surface area contributed by atoms with Crippen molar-refractivity contribution in [3.05, 3.63) is 76.6 Å². The number of hydrogen-bond donors (Lipinski definition) is 2. The van der Waals surface area contributed by atoms with Crippen molar-refractivity contribution in [2.24, 2.45) is 0 Å². The fourth-order valence-electron chi connectivity index (χ4n) is 3.10. The van der Waals surface area contributed by atoms with Gasteiger partial charge in [-0.1, -0.05) is 36.4 Å². The van der Waals surface area contributed by atoms with Crippen molar-refractivity contribution in [2.45, 2.75) is 18.8 Å². The lowest BCUT2D eigenvalue weighted by molar-refractivity contribution is 0.466. The van der Waals surface area contributed by atoms with Gasteiger partial charge in [0.25, 0.3) is 0 Å². The van der Waals surface area contributed by atoms with E-state index < -0.39 is 5.43 Å². The van der Waals surface area contributed by atoms with Crippen molar-refractivity contribution in [3.63, 3.8) is 0 Å². The standard InChI is InChI=1S/C20H18N2O2/c21-20-11-18(23)19(24)12-22(20)15-5-3-4-14(10-15)17-7-2-1-6-16(17)13-8-9-13/h1-7,10-13,24H,8-9,21H2. The molecule has 4 nitrogen and oxygen atoms in total. The molecule has 3 N–H and O–H groups in total. The number of pyridine rings is 1. The fourth-order valence-corrected chi connectivity index (χ4v) is 3.10. The minimum absolute atomic E-state index is 0.297. The van der Waals surface area contributed by atoms with Crippen LogP contribution in [0.1, 0.15) is 24.3 Å². The molecule has 3 aromatic rings. The summed E-state index contributed by atoms with van der Waals surface area (Å²) in [5.41, 5.74) is 10.0. The number of benzene rings is 2. The number of nitrogen functional groups attached to an aromatic ring is 1. The number of nitrogens with two attached hydrogens (primary N) is 1. The van der Waals surface area contributed by atoms with E-state index in [1.165, 1.54) is 36.2 Å². The molecule has 0 saturated heterocycles. The molecule has 0 amide bonds. The van der Waals surface area contributed by atoms with Crippen molar-refractivity contribution in [2.75, 3.05) is 5.73 Å². The van der Waals surface area contributed by atoms with E-state index in [2.05, 4.69) is 24.3 Å². The quantitative estimate of drug-likeness (QED) is 0.774. The molecule has 1 saturated carbocycles. The summed E-state index contributed by atoms with van der Waals surface area (Å²) in [5, 5.41) is 9.71. The van der Waals surface area contributed by atoms with Crippen LogP contribution in [0.2, 0.25) is 0 Å². The highest BCUT2D eigenvalue weighted by atomic mass is 16.3. The Morgan fingerprint density at radius 3 is 2.62 bits per heavy atom. The minimum Gasteiger partial charge on any atom is -0.503 e. The van der Waals surface area contributed by atoms with E-state index in [-0.39, 0.29) is 5.75 Å². The van der Waals surface area contributed by atoms with Crippen molar-refractivity contribution in [1.82, 2.24) is 4.57 Å². The molecule has 120 valence electrons. The van der Waals surface area contributed by atoms with Crippen molar-refractivity contribution < 1.29 is 5.11 Å². The first-order valence-electron chi connectivity index (χ1n) is 8.04. The Morgan fingerprint density at radius 1 is 1.04 bits per heavy atom. The van der Waals surface area contributed by atoms with Gasteiger partial charge in [0.05, 0.1) is 6.20 Å². The van der Waals surface area contributed by atoms with Crippen LogP contribution in [0, 0.1) is 0 Å². The second-order valence-corrected chi connectivity index (χ2v) is 6.23. The van der Waals surface area contributed by atoms with Crippen LogP contribution < -0.4 is 11.2 Å². The summed E-state index contributed by atoms with van der Waals surface area (Å²) in [6, 6.07) is 17.7. The second-order valence-electron chi connectivity index (χ2n) is 6.23. The van der Waals surface area contributed by atoms with Gasteiger partial charge in [-0.2, -0.15) is 0 Å². The fraction of sp³-hybridized carbons (Fsp3) is 0.150. The van der Waals surface area contributed by atoms with E-state index >= 15 is 0 Å². The van der Waals surface area contributed by atoms with E-state index in [4.69, 9.17) is 5.73 Å². The normalized spacial score (nSPS) is 13.8. The zero-order valence-electron chi connectivity index (χ0n) is 13.1. The van der Waals surface area contributed by atoms with Crippen molar-refractivity contribution in [1.29, 1.82) is 0 Å². The zero-order chi connectivity index (χ0) is 16.7. The molecule has 4 heteroatoms. The summed E-state index contributed by atoms with van der Waals surface area (Å²) in [5.74, 6) is 0.643. The van der Waals surface area contributed by atoms with Crippen LogP contribution in [0.25, 0.3) is 16.8 Å². The van der Waals surface area contributed by atoms with Crippen LogP contribution in [0.4, 0.5) is 5.82 Å². The summed E-state index contributed by atoms with van der Waals surface area (Å²) in [6.07, 6.45) is 3.86. The molecule has 0 aliphatic heterocycles. The molecule has 1 aliphatic carbocycles. The first-order valence-corrected chi connectivity index (χ1v) is 8.04. The van der Waals surface area contributed by atoms with Gasteiger partial charge in [0.2, 0.25) is 5.43 Å². The van der Waals surface area contributed by atoms with Gasteiger partial charge in [0.1, 0.15) is 5.82 Å².